The molecule has 0 heterocycles. The Balaban J connectivity index is 2.31. The van der Waals surface area contributed by atoms with Crippen LogP contribution in [0.3, 0.4) is 0 Å². The van der Waals surface area contributed by atoms with E-state index in [1.165, 1.54) is 12.1 Å². The molecule has 0 aliphatic carbocycles. The van der Waals surface area contributed by atoms with E-state index < -0.39 is 11.8 Å². The van der Waals surface area contributed by atoms with E-state index >= 15 is 0 Å². The Kier molecular flexibility index (Phi) is 8.89. The molecule has 1 unspecified atom stereocenters. The van der Waals surface area contributed by atoms with Crippen LogP contribution in [0.25, 0.3) is 0 Å². The summed E-state index contributed by atoms with van der Waals surface area (Å²) in [6, 6.07) is 9.38. The molecule has 0 aromatic heterocycles. The molecule has 30 heavy (non-hydrogen) atoms. The number of aliphatic carboxylic acids is 1. The second kappa shape index (κ2) is 11.2. The van der Waals surface area contributed by atoms with Crippen LogP contribution in [0.15, 0.2) is 36.4 Å². The molecule has 0 radical (unpaired) electrons. The summed E-state index contributed by atoms with van der Waals surface area (Å²) in [4.78, 5) is 13.2. The largest absolute Gasteiger partial charge is 0.497 e. The van der Waals surface area contributed by atoms with E-state index in [0.29, 0.717) is 29.2 Å². The van der Waals surface area contributed by atoms with Gasteiger partial charge in [-0.2, -0.15) is 0 Å². The Morgan fingerprint density at radius 1 is 1.23 bits per heavy atom. The first-order chi connectivity index (χ1) is 14.2. The van der Waals surface area contributed by atoms with Gasteiger partial charge < -0.3 is 19.9 Å². The molecule has 0 saturated carbocycles. The van der Waals surface area contributed by atoms with Crippen molar-refractivity contribution in [3.8, 4) is 11.5 Å². The molecular formula is C22H28ClFN2O4. The predicted octanol–water partition coefficient (Wildman–Crippen LogP) is 4.12. The summed E-state index contributed by atoms with van der Waals surface area (Å²) in [6.45, 7) is 4.20. The smallest absolute Gasteiger partial charge is 0.317 e. The van der Waals surface area contributed by atoms with Crippen molar-refractivity contribution in [3.63, 3.8) is 0 Å². The standard InChI is InChI=1S/C22H28ClFN2O4/c1-14(25-3)11-26(12-22(27)28)15(2)19-9-16(24)10-21(23)20(19)13-30-18-7-5-17(29-4)6-8-18/h5-10,14-15,25H,11-13H2,1-4H3,(H,27,28)/t14?,15-/m0/s1. The highest BCUT2D eigenvalue weighted by Crippen LogP contribution is 2.31. The van der Waals surface area contributed by atoms with Crippen LogP contribution in [0.1, 0.15) is 31.0 Å². The fourth-order valence-electron chi connectivity index (χ4n) is 3.15. The Morgan fingerprint density at radius 3 is 2.43 bits per heavy atom. The van der Waals surface area contributed by atoms with Gasteiger partial charge in [0.2, 0.25) is 0 Å². The summed E-state index contributed by atoms with van der Waals surface area (Å²) in [7, 11) is 3.39. The minimum Gasteiger partial charge on any atom is -0.497 e. The van der Waals surface area contributed by atoms with Crippen molar-refractivity contribution in [2.45, 2.75) is 32.5 Å². The van der Waals surface area contributed by atoms with Gasteiger partial charge in [0, 0.05) is 24.2 Å². The van der Waals surface area contributed by atoms with Crippen molar-refractivity contribution in [1.82, 2.24) is 10.2 Å². The zero-order valence-electron chi connectivity index (χ0n) is 17.6. The van der Waals surface area contributed by atoms with Gasteiger partial charge in [-0.25, -0.2) is 4.39 Å². The Bertz CT molecular complexity index is 848. The van der Waals surface area contributed by atoms with Crippen molar-refractivity contribution in [3.05, 3.63) is 58.4 Å². The molecular weight excluding hydrogens is 411 g/mol. The van der Waals surface area contributed by atoms with Crippen LogP contribution in [0.2, 0.25) is 5.02 Å². The minimum atomic E-state index is -0.955. The molecule has 164 valence electrons. The Morgan fingerprint density at radius 2 is 1.87 bits per heavy atom. The predicted molar refractivity (Wildman–Crippen MR) is 115 cm³/mol. The number of nitrogens with zero attached hydrogens (tertiary/aromatic N) is 1. The molecule has 2 rings (SSSR count). The monoisotopic (exact) mass is 438 g/mol. The Hall–Kier alpha value is -2.35. The van der Waals surface area contributed by atoms with E-state index in [9.17, 15) is 14.3 Å². The molecule has 0 aliphatic rings. The molecule has 0 saturated heterocycles. The fraction of sp³-hybridized carbons (Fsp3) is 0.409. The van der Waals surface area contributed by atoms with E-state index in [1.807, 2.05) is 20.9 Å². The van der Waals surface area contributed by atoms with Crippen LogP contribution in [0.4, 0.5) is 4.39 Å². The van der Waals surface area contributed by atoms with E-state index in [2.05, 4.69) is 5.32 Å². The maximum Gasteiger partial charge on any atom is 0.317 e. The minimum absolute atomic E-state index is 0.0508. The van der Waals surface area contributed by atoms with Crippen molar-refractivity contribution in [1.29, 1.82) is 0 Å². The van der Waals surface area contributed by atoms with E-state index in [4.69, 9.17) is 21.1 Å². The van der Waals surface area contributed by atoms with Gasteiger partial charge in [0.25, 0.3) is 0 Å². The molecule has 0 fully saturated rings. The molecule has 0 bridgehead atoms. The molecule has 0 amide bonds. The first kappa shape index (κ1) is 23.9. The number of hydrogen-bond acceptors (Lipinski definition) is 5. The maximum absolute atomic E-state index is 14.2. The zero-order valence-corrected chi connectivity index (χ0v) is 18.4. The van der Waals surface area contributed by atoms with Crippen molar-refractivity contribution in [2.75, 3.05) is 27.2 Å². The highest BCUT2D eigenvalue weighted by atomic mass is 35.5. The second-order valence-electron chi connectivity index (χ2n) is 7.11. The molecule has 2 atom stereocenters. The van der Waals surface area contributed by atoms with Gasteiger partial charge in [0.1, 0.15) is 23.9 Å². The third-order valence-electron chi connectivity index (χ3n) is 4.97. The molecule has 2 aromatic carbocycles. The first-order valence-electron chi connectivity index (χ1n) is 9.62. The number of carboxylic acids is 1. The third-order valence-corrected chi connectivity index (χ3v) is 5.31. The van der Waals surface area contributed by atoms with Crippen molar-refractivity contribution < 1.29 is 23.8 Å². The van der Waals surface area contributed by atoms with Gasteiger partial charge in [-0.05, 0) is 62.9 Å². The molecule has 8 heteroatoms. The van der Waals surface area contributed by atoms with Crippen LogP contribution in [-0.2, 0) is 11.4 Å². The van der Waals surface area contributed by atoms with Crippen LogP contribution in [-0.4, -0.2) is 49.3 Å². The zero-order chi connectivity index (χ0) is 22.3. The lowest BCUT2D eigenvalue weighted by Gasteiger charge is -2.31. The van der Waals surface area contributed by atoms with Crippen LogP contribution in [0, 0.1) is 5.82 Å². The van der Waals surface area contributed by atoms with E-state index in [-0.39, 0.29) is 30.3 Å². The van der Waals surface area contributed by atoms with E-state index in [1.54, 1.807) is 36.3 Å². The topological polar surface area (TPSA) is 71.0 Å². The van der Waals surface area contributed by atoms with Crippen LogP contribution < -0.4 is 14.8 Å². The SMILES string of the molecule is CNC(C)CN(CC(=O)O)[C@@H](C)c1cc(F)cc(Cl)c1COc1ccc(OC)cc1. The summed E-state index contributed by atoms with van der Waals surface area (Å²) in [5.74, 6) is -0.115. The van der Waals surface area contributed by atoms with Gasteiger partial charge in [-0.3, -0.25) is 9.69 Å². The molecule has 0 spiro atoms. The van der Waals surface area contributed by atoms with Gasteiger partial charge >= 0.3 is 5.97 Å². The summed E-state index contributed by atoms with van der Waals surface area (Å²) in [5.41, 5.74) is 1.21. The van der Waals surface area contributed by atoms with Crippen molar-refractivity contribution >= 4 is 17.6 Å². The lowest BCUT2D eigenvalue weighted by Crippen LogP contribution is -2.41. The first-order valence-corrected chi connectivity index (χ1v) is 10.0. The van der Waals surface area contributed by atoms with Crippen LogP contribution >= 0.6 is 11.6 Å². The number of nitrogens with one attached hydrogen (secondary N) is 1. The number of methoxy groups -OCH3 is 1. The summed E-state index contributed by atoms with van der Waals surface area (Å²) >= 11 is 6.35. The van der Waals surface area contributed by atoms with E-state index in [0.717, 1.165) is 0 Å². The van der Waals surface area contributed by atoms with Gasteiger partial charge in [-0.15, -0.1) is 0 Å². The van der Waals surface area contributed by atoms with Gasteiger partial charge in [0.05, 0.1) is 18.7 Å². The highest BCUT2D eigenvalue weighted by molar-refractivity contribution is 6.31. The number of likely N-dealkylation sites (N-methyl/N-ethyl adjacent to an activating group) is 1. The molecule has 2 N–H and O–H groups in total. The highest BCUT2D eigenvalue weighted by Gasteiger charge is 2.24. The lowest BCUT2D eigenvalue weighted by molar-refractivity contribution is -0.139. The van der Waals surface area contributed by atoms with Gasteiger partial charge in [0.15, 0.2) is 0 Å². The number of hydrogen-bond donors (Lipinski definition) is 2. The van der Waals surface area contributed by atoms with Crippen molar-refractivity contribution in [2.24, 2.45) is 0 Å². The maximum atomic E-state index is 14.2. The second-order valence-corrected chi connectivity index (χ2v) is 7.52. The Labute approximate surface area is 181 Å². The average molecular weight is 439 g/mol. The molecule has 0 aliphatic heterocycles. The van der Waals surface area contributed by atoms with Crippen LogP contribution in [0.5, 0.6) is 11.5 Å². The number of carboxylic acid groups (broad SMARTS) is 1. The number of halogens is 2. The third kappa shape index (κ3) is 6.58. The number of rotatable bonds is 11. The summed E-state index contributed by atoms with van der Waals surface area (Å²) in [5, 5.41) is 12.7. The molecule has 2 aromatic rings. The average Bonchev–Trinajstić information content (AvgIpc) is 2.71. The number of benzene rings is 2. The fourth-order valence-corrected chi connectivity index (χ4v) is 3.42. The van der Waals surface area contributed by atoms with Gasteiger partial charge in [-0.1, -0.05) is 11.6 Å². The normalized spacial score (nSPS) is 13.2. The lowest BCUT2D eigenvalue weighted by atomic mass is 9.99. The summed E-state index contributed by atoms with van der Waals surface area (Å²) < 4.78 is 25.2. The number of carbonyl (C=O) groups is 1. The summed E-state index contributed by atoms with van der Waals surface area (Å²) in [6.07, 6.45) is 0. The molecule has 6 nitrogen and oxygen atoms in total. The quantitative estimate of drug-likeness (QED) is 0.550. The number of ether oxygens (including phenoxy) is 2.